The number of ether oxygens (including phenoxy) is 1. The van der Waals surface area contributed by atoms with Crippen LogP contribution in [0.1, 0.15) is 28.4 Å². The minimum Gasteiger partial charge on any atom is -0.484 e. The number of rotatable bonds is 1. The molecule has 0 spiro atoms. The van der Waals surface area contributed by atoms with E-state index < -0.39 is 10.3 Å². The lowest BCUT2D eigenvalue weighted by Gasteiger charge is -2.25. The van der Waals surface area contributed by atoms with Crippen molar-refractivity contribution in [2.75, 3.05) is 0 Å². The Bertz CT molecular complexity index is 751. The van der Waals surface area contributed by atoms with Gasteiger partial charge in [-0.3, -0.25) is 9.35 Å². The first kappa shape index (κ1) is 16.2. The topological polar surface area (TPSA) is 107 Å². The Balaban J connectivity index is 0.000000309. The summed E-state index contributed by atoms with van der Waals surface area (Å²) < 4.78 is 31.1. The second-order valence-electron chi connectivity index (χ2n) is 4.66. The van der Waals surface area contributed by atoms with Crippen molar-refractivity contribution in [3.8, 4) is 5.75 Å². The van der Waals surface area contributed by atoms with Gasteiger partial charge in [0.1, 0.15) is 11.9 Å². The molecule has 0 saturated carbocycles. The molecule has 0 amide bonds. The Kier molecular flexibility index (Phi) is 4.92. The second kappa shape index (κ2) is 6.69. The molecule has 1 atom stereocenters. The third kappa shape index (κ3) is 4.66. The predicted octanol–water partition coefficient (Wildman–Crippen LogP) is 2.14. The van der Waals surface area contributed by atoms with Gasteiger partial charge in [0.25, 0.3) is 0 Å². The first-order valence-electron chi connectivity index (χ1n) is 6.43. The van der Waals surface area contributed by atoms with Crippen molar-refractivity contribution >= 4 is 16.1 Å². The minimum absolute atomic E-state index is 0.153. The van der Waals surface area contributed by atoms with Gasteiger partial charge in [0, 0.05) is 0 Å². The Morgan fingerprint density at radius 2 is 1.59 bits per heavy atom. The lowest BCUT2D eigenvalue weighted by Crippen LogP contribution is -2.20. The smallest absolute Gasteiger partial charge is 0.330 e. The maximum absolute atomic E-state index is 12.0. The summed E-state index contributed by atoms with van der Waals surface area (Å²) in [5.74, 6) is 0.846. The minimum atomic E-state index is -4.17. The molecule has 2 aromatic rings. The zero-order valence-electron chi connectivity index (χ0n) is 11.5. The molecule has 1 aliphatic rings. The van der Waals surface area contributed by atoms with Crippen molar-refractivity contribution in [3.05, 3.63) is 65.7 Å². The van der Waals surface area contributed by atoms with Crippen LogP contribution in [0.25, 0.3) is 0 Å². The van der Waals surface area contributed by atoms with Gasteiger partial charge in [-0.15, -0.1) is 0 Å². The van der Waals surface area contributed by atoms with Gasteiger partial charge in [-0.2, -0.15) is 8.42 Å². The summed E-state index contributed by atoms with van der Waals surface area (Å²) in [6, 6.07) is 17.3. The molecule has 116 valence electrons. The number of nitrogens with two attached hydrogens (primary N) is 1. The molecule has 7 heteroatoms. The normalized spacial score (nSPS) is 16.8. The van der Waals surface area contributed by atoms with E-state index in [9.17, 15) is 4.79 Å². The van der Waals surface area contributed by atoms with Crippen LogP contribution in [-0.4, -0.2) is 18.8 Å². The van der Waals surface area contributed by atoms with Gasteiger partial charge in [-0.1, -0.05) is 42.5 Å². The van der Waals surface area contributed by atoms with Crippen LogP contribution in [0.15, 0.2) is 54.6 Å². The van der Waals surface area contributed by atoms with Crippen LogP contribution in [-0.2, 0) is 10.3 Å². The highest BCUT2D eigenvalue weighted by molar-refractivity contribution is 7.83. The molecule has 0 bridgehead atoms. The predicted molar refractivity (Wildman–Crippen MR) is 80.9 cm³/mol. The third-order valence-corrected chi connectivity index (χ3v) is 3.00. The van der Waals surface area contributed by atoms with Gasteiger partial charge in [-0.25, -0.2) is 5.14 Å². The van der Waals surface area contributed by atoms with Gasteiger partial charge < -0.3 is 4.74 Å². The molecule has 0 aromatic heterocycles. The average Bonchev–Trinajstić information content (AvgIpc) is 2.46. The molecule has 0 aliphatic carbocycles. The van der Waals surface area contributed by atoms with Crippen LogP contribution in [0, 0.1) is 0 Å². The van der Waals surface area contributed by atoms with E-state index in [4.69, 9.17) is 17.7 Å². The molecule has 0 saturated heterocycles. The Morgan fingerprint density at radius 3 is 2.23 bits per heavy atom. The number of carbonyl (C=O) groups excluding carboxylic acids is 1. The summed E-state index contributed by atoms with van der Waals surface area (Å²) in [6.07, 6.45) is 0.264. The van der Waals surface area contributed by atoms with Crippen molar-refractivity contribution in [2.24, 2.45) is 5.14 Å². The number of carbonyl (C=O) groups is 1. The quantitative estimate of drug-likeness (QED) is 0.783. The van der Waals surface area contributed by atoms with Crippen LogP contribution < -0.4 is 9.88 Å². The molecule has 1 unspecified atom stereocenters. The summed E-state index contributed by atoms with van der Waals surface area (Å²) in [5, 5.41) is 3.88. The largest absolute Gasteiger partial charge is 0.484 e. The first-order chi connectivity index (χ1) is 10.3. The number of hydrogen-bond donors (Lipinski definition) is 2. The van der Waals surface area contributed by atoms with Gasteiger partial charge >= 0.3 is 10.3 Å². The van der Waals surface area contributed by atoms with Crippen LogP contribution in [0.3, 0.4) is 0 Å². The number of para-hydroxylation sites is 1. The number of benzene rings is 2. The van der Waals surface area contributed by atoms with Gasteiger partial charge in [0.15, 0.2) is 5.78 Å². The molecule has 3 rings (SSSR count). The maximum Gasteiger partial charge on any atom is 0.330 e. The SMILES string of the molecule is NS(=O)(=O)O.O=C1CC(c2ccccc2)Oc2ccccc21. The maximum atomic E-state index is 12.0. The standard InChI is InChI=1S/C15H12O2.H3NO3S/c16-13-10-15(11-6-2-1-3-7-11)17-14-9-5-4-8-12(13)14;1-5(2,3)4/h1-9,15H,10H2;(H3,1,2,3,4). The zero-order valence-corrected chi connectivity index (χ0v) is 12.4. The summed E-state index contributed by atoms with van der Waals surface area (Å²) in [4.78, 5) is 12.0. The molecular formula is C15H15NO5S. The van der Waals surface area contributed by atoms with Gasteiger partial charge in [0.2, 0.25) is 0 Å². The number of ketones is 1. The molecule has 1 heterocycles. The molecule has 6 nitrogen and oxygen atoms in total. The number of Topliss-reactive ketones (excluding diaryl/α,β-unsaturated/α-hetero) is 1. The van der Waals surface area contributed by atoms with Crippen molar-refractivity contribution in [3.63, 3.8) is 0 Å². The van der Waals surface area contributed by atoms with Crippen LogP contribution in [0.2, 0.25) is 0 Å². The van der Waals surface area contributed by atoms with Crippen molar-refractivity contribution in [1.29, 1.82) is 0 Å². The van der Waals surface area contributed by atoms with E-state index >= 15 is 0 Å². The van der Waals surface area contributed by atoms with Gasteiger partial charge in [-0.05, 0) is 17.7 Å². The van der Waals surface area contributed by atoms with E-state index in [0.717, 1.165) is 5.56 Å². The molecule has 0 radical (unpaired) electrons. The molecule has 1 aliphatic heterocycles. The van der Waals surface area contributed by atoms with Crippen molar-refractivity contribution < 1.29 is 22.5 Å². The number of fused-ring (bicyclic) bond motifs is 1. The molecule has 0 fully saturated rings. The average molecular weight is 321 g/mol. The van der Waals surface area contributed by atoms with Crippen LogP contribution >= 0.6 is 0 Å². The highest BCUT2D eigenvalue weighted by Gasteiger charge is 2.26. The molecular weight excluding hydrogens is 306 g/mol. The van der Waals surface area contributed by atoms with E-state index in [1.54, 1.807) is 0 Å². The van der Waals surface area contributed by atoms with E-state index in [1.165, 1.54) is 0 Å². The fourth-order valence-corrected chi connectivity index (χ4v) is 2.13. The van der Waals surface area contributed by atoms with E-state index in [0.29, 0.717) is 17.7 Å². The first-order valence-corrected chi connectivity index (χ1v) is 7.94. The lowest BCUT2D eigenvalue weighted by molar-refractivity contribution is 0.0850. The second-order valence-corrected chi connectivity index (χ2v) is 5.69. The summed E-state index contributed by atoms with van der Waals surface area (Å²) in [6.45, 7) is 0. The summed E-state index contributed by atoms with van der Waals surface area (Å²) >= 11 is 0. The van der Waals surface area contributed by atoms with E-state index in [-0.39, 0.29) is 11.9 Å². The van der Waals surface area contributed by atoms with Crippen molar-refractivity contribution in [2.45, 2.75) is 12.5 Å². The lowest BCUT2D eigenvalue weighted by atomic mass is 9.96. The van der Waals surface area contributed by atoms with Crippen LogP contribution in [0.4, 0.5) is 0 Å². The fourth-order valence-electron chi connectivity index (χ4n) is 2.13. The van der Waals surface area contributed by atoms with Crippen LogP contribution in [0.5, 0.6) is 5.75 Å². The monoisotopic (exact) mass is 321 g/mol. The zero-order chi connectivity index (χ0) is 16.2. The summed E-state index contributed by atoms with van der Waals surface area (Å²) in [5.41, 5.74) is 1.75. The highest BCUT2D eigenvalue weighted by atomic mass is 32.2. The molecule has 3 N–H and O–H groups in total. The highest BCUT2D eigenvalue weighted by Crippen LogP contribution is 2.34. The summed E-state index contributed by atoms with van der Waals surface area (Å²) in [7, 11) is -4.17. The third-order valence-electron chi connectivity index (χ3n) is 3.00. The van der Waals surface area contributed by atoms with Crippen molar-refractivity contribution in [1.82, 2.24) is 0 Å². The Labute approximate surface area is 128 Å². The van der Waals surface area contributed by atoms with E-state index in [2.05, 4.69) is 5.14 Å². The molecule has 2 aromatic carbocycles. The number of hydrogen-bond acceptors (Lipinski definition) is 4. The molecule has 22 heavy (non-hydrogen) atoms. The Hall–Kier alpha value is -2.22. The van der Waals surface area contributed by atoms with E-state index in [1.807, 2.05) is 54.6 Å². The van der Waals surface area contributed by atoms with Gasteiger partial charge in [0.05, 0.1) is 12.0 Å². The Morgan fingerprint density at radius 1 is 1.05 bits per heavy atom. The fraction of sp³-hybridized carbons (Fsp3) is 0.133.